The Kier molecular flexibility index (Phi) is 5.76. The van der Waals surface area contributed by atoms with Gasteiger partial charge >= 0.3 is 0 Å². The predicted octanol–water partition coefficient (Wildman–Crippen LogP) is 3.64. The summed E-state index contributed by atoms with van der Waals surface area (Å²) in [6.45, 7) is 10.6. The molecule has 0 fully saturated rings. The SMILES string of the molecule is C=CCCC(C1=NCNC(c2ccccc2)N1)[C@@H](C)C=C. The van der Waals surface area contributed by atoms with E-state index in [0.29, 0.717) is 18.5 Å². The molecule has 2 rings (SSSR count). The van der Waals surface area contributed by atoms with Crippen molar-refractivity contribution in [2.75, 3.05) is 6.67 Å². The molecule has 3 nitrogen and oxygen atoms in total. The van der Waals surface area contributed by atoms with E-state index in [-0.39, 0.29) is 6.17 Å². The Balaban J connectivity index is 2.12. The van der Waals surface area contributed by atoms with E-state index in [2.05, 4.69) is 60.0 Å². The maximum Gasteiger partial charge on any atom is 0.105 e. The summed E-state index contributed by atoms with van der Waals surface area (Å²) < 4.78 is 0. The molecule has 0 radical (unpaired) electrons. The number of aliphatic imine (C=N–C) groups is 1. The highest BCUT2D eigenvalue weighted by atomic mass is 15.2. The van der Waals surface area contributed by atoms with Crippen LogP contribution in [0.4, 0.5) is 0 Å². The first-order chi connectivity index (χ1) is 10.3. The first-order valence-corrected chi connectivity index (χ1v) is 7.59. The lowest BCUT2D eigenvalue weighted by Crippen LogP contribution is -2.46. The topological polar surface area (TPSA) is 36.4 Å². The Morgan fingerprint density at radius 3 is 2.76 bits per heavy atom. The van der Waals surface area contributed by atoms with Crippen LogP contribution in [0.2, 0.25) is 0 Å². The second kappa shape index (κ2) is 7.79. The van der Waals surface area contributed by atoms with Crippen LogP contribution in [0.25, 0.3) is 0 Å². The molecule has 0 amide bonds. The van der Waals surface area contributed by atoms with Gasteiger partial charge in [0.2, 0.25) is 0 Å². The number of nitrogens with zero attached hydrogens (tertiary/aromatic N) is 1. The van der Waals surface area contributed by atoms with Gasteiger partial charge in [0.15, 0.2) is 0 Å². The molecule has 0 saturated carbocycles. The number of rotatable bonds is 7. The number of hydrogen-bond donors (Lipinski definition) is 2. The van der Waals surface area contributed by atoms with E-state index in [1.165, 1.54) is 5.56 Å². The van der Waals surface area contributed by atoms with E-state index in [4.69, 9.17) is 0 Å². The molecule has 1 heterocycles. The standard InChI is InChI=1S/C18H25N3/c1-4-6-12-16(14(3)5-2)18-20-13-19-17(21-18)15-10-8-7-9-11-15/h4-5,7-11,14,16-17,19H,1-2,6,12-13H2,3H3,(H,20,21)/t14-,16?,17?/m0/s1. The normalized spacial score (nSPS) is 20.8. The lowest BCUT2D eigenvalue weighted by molar-refractivity contribution is 0.433. The summed E-state index contributed by atoms with van der Waals surface area (Å²) in [6, 6.07) is 10.4. The van der Waals surface area contributed by atoms with Gasteiger partial charge in [-0.1, -0.05) is 49.4 Å². The summed E-state index contributed by atoms with van der Waals surface area (Å²) in [6.07, 6.45) is 6.15. The molecule has 21 heavy (non-hydrogen) atoms. The van der Waals surface area contributed by atoms with Gasteiger partial charge in [-0.15, -0.1) is 13.2 Å². The van der Waals surface area contributed by atoms with Crippen LogP contribution in [0.5, 0.6) is 0 Å². The minimum Gasteiger partial charge on any atom is -0.354 e. The zero-order valence-corrected chi connectivity index (χ0v) is 12.8. The van der Waals surface area contributed by atoms with Gasteiger partial charge in [-0.05, 0) is 24.3 Å². The van der Waals surface area contributed by atoms with Crippen molar-refractivity contribution >= 4 is 5.84 Å². The highest BCUT2D eigenvalue weighted by molar-refractivity contribution is 5.86. The minimum atomic E-state index is 0.127. The highest BCUT2D eigenvalue weighted by Gasteiger charge is 2.25. The van der Waals surface area contributed by atoms with Gasteiger partial charge in [-0.25, -0.2) is 0 Å². The molecule has 0 aromatic heterocycles. The second-order valence-corrected chi connectivity index (χ2v) is 5.46. The second-order valence-electron chi connectivity index (χ2n) is 5.46. The molecular weight excluding hydrogens is 258 g/mol. The van der Waals surface area contributed by atoms with E-state index in [0.717, 1.165) is 18.7 Å². The van der Waals surface area contributed by atoms with E-state index < -0.39 is 0 Å². The molecule has 0 bridgehead atoms. The molecule has 1 aliphatic heterocycles. The van der Waals surface area contributed by atoms with Gasteiger partial charge in [-0.2, -0.15) is 0 Å². The van der Waals surface area contributed by atoms with Crippen molar-refractivity contribution in [3.8, 4) is 0 Å². The van der Waals surface area contributed by atoms with Crippen LogP contribution in [-0.2, 0) is 0 Å². The summed E-state index contributed by atoms with van der Waals surface area (Å²) in [5, 5.41) is 6.94. The summed E-state index contributed by atoms with van der Waals surface area (Å²) in [5.41, 5.74) is 1.23. The van der Waals surface area contributed by atoms with Crippen LogP contribution < -0.4 is 10.6 Å². The quantitative estimate of drug-likeness (QED) is 0.750. The van der Waals surface area contributed by atoms with Gasteiger partial charge in [-0.3, -0.25) is 10.3 Å². The van der Waals surface area contributed by atoms with E-state index in [9.17, 15) is 0 Å². The predicted molar refractivity (Wildman–Crippen MR) is 90.0 cm³/mol. The first-order valence-electron chi connectivity index (χ1n) is 7.59. The molecule has 0 spiro atoms. The Morgan fingerprint density at radius 2 is 2.10 bits per heavy atom. The zero-order chi connectivity index (χ0) is 15.1. The first kappa shape index (κ1) is 15.5. The van der Waals surface area contributed by atoms with Crippen molar-refractivity contribution in [1.82, 2.24) is 10.6 Å². The van der Waals surface area contributed by atoms with E-state index >= 15 is 0 Å². The van der Waals surface area contributed by atoms with E-state index in [1.807, 2.05) is 18.2 Å². The lowest BCUT2D eigenvalue weighted by atomic mass is 9.88. The molecule has 0 aliphatic carbocycles. The maximum absolute atomic E-state index is 4.64. The molecule has 3 atom stereocenters. The smallest absolute Gasteiger partial charge is 0.105 e. The van der Waals surface area contributed by atoms with Crippen LogP contribution in [0.15, 0.2) is 60.6 Å². The fraction of sp³-hybridized carbons (Fsp3) is 0.389. The molecular formula is C18H25N3. The third kappa shape index (κ3) is 4.05. The molecule has 2 N–H and O–H groups in total. The molecule has 3 heteroatoms. The maximum atomic E-state index is 4.64. The van der Waals surface area contributed by atoms with Crippen molar-refractivity contribution < 1.29 is 0 Å². The number of hydrogen-bond acceptors (Lipinski definition) is 3. The van der Waals surface area contributed by atoms with Crippen molar-refractivity contribution in [3.63, 3.8) is 0 Å². The third-order valence-corrected chi connectivity index (χ3v) is 4.01. The number of allylic oxidation sites excluding steroid dienone is 2. The minimum absolute atomic E-state index is 0.127. The van der Waals surface area contributed by atoms with Gasteiger partial charge in [0.1, 0.15) is 12.0 Å². The Hall–Kier alpha value is -1.87. The summed E-state index contributed by atoms with van der Waals surface area (Å²) in [5.74, 6) is 1.84. The number of benzene rings is 1. The van der Waals surface area contributed by atoms with Crippen LogP contribution in [0.3, 0.4) is 0 Å². The van der Waals surface area contributed by atoms with Crippen molar-refractivity contribution in [3.05, 3.63) is 61.2 Å². The summed E-state index contributed by atoms with van der Waals surface area (Å²) >= 11 is 0. The van der Waals surface area contributed by atoms with Gasteiger partial charge in [0.05, 0.1) is 6.67 Å². The molecule has 2 unspecified atom stereocenters. The Labute approximate surface area is 127 Å². The highest BCUT2D eigenvalue weighted by Crippen LogP contribution is 2.23. The zero-order valence-electron chi connectivity index (χ0n) is 12.8. The molecule has 0 saturated heterocycles. The van der Waals surface area contributed by atoms with Crippen LogP contribution in [0.1, 0.15) is 31.5 Å². The lowest BCUT2D eigenvalue weighted by Gasteiger charge is -2.32. The fourth-order valence-electron chi connectivity index (χ4n) is 2.65. The van der Waals surface area contributed by atoms with Crippen LogP contribution in [0, 0.1) is 11.8 Å². The Bertz CT molecular complexity index is 492. The largest absolute Gasteiger partial charge is 0.354 e. The van der Waals surface area contributed by atoms with Crippen LogP contribution >= 0.6 is 0 Å². The third-order valence-electron chi connectivity index (χ3n) is 4.01. The van der Waals surface area contributed by atoms with Crippen molar-refractivity contribution in [1.29, 1.82) is 0 Å². The summed E-state index contributed by atoms with van der Waals surface area (Å²) in [7, 11) is 0. The van der Waals surface area contributed by atoms with Crippen LogP contribution in [-0.4, -0.2) is 12.5 Å². The summed E-state index contributed by atoms with van der Waals surface area (Å²) in [4.78, 5) is 4.64. The molecule has 1 aromatic carbocycles. The monoisotopic (exact) mass is 283 g/mol. The van der Waals surface area contributed by atoms with Crippen molar-refractivity contribution in [2.24, 2.45) is 16.8 Å². The molecule has 1 aromatic rings. The van der Waals surface area contributed by atoms with Gasteiger partial charge < -0.3 is 5.32 Å². The fourth-order valence-corrected chi connectivity index (χ4v) is 2.65. The molecule has 1 aliphatic rings. The Morgan fingerprint density at radius 1 is 1.33 bits per heavy atom. The van der Waals surface area contributed by atoms with Crippen molar-refractivity contribution in [2.45, 2.75) is 25.9 Å². The number of amidine groups is 1. The molecule has 112 valence electrons. The van der Waals surface area contributed by atoms with Gasteiger partial charge in [0.25, 0.3) is 0 Å². The van der Waals surface area contributed by atoms with Gasteiger partial charge in [0, 0.05) is 5.92 Å². The average molecular weight is 283 g/mol. The number of nitrogens with one attached hydrogen (secondary N) is 2. The van der Waals surface area contributed by atoms with E-state index in [1.54, 1.807) is 0 Å². The average Bonchev–Trinajstić information content (AvgIpc) is 2.56.